The first-order valence-corrected chi connectivity index (χ1v) is 4.99. The summed E-state index contributed by atoms with van der Waals surface area (Å²) in [5, 5.41) is 0. The fourth-order valence-corrected chi connectivity index (χ4v) is 0. The van der Waals surface area contributed by atoms with Crippen molar-refractivity contribution in [3.8, 4) is 0 Å². The fourth-order valence-electron chi connectivity index (χ4n) is 0. The van der Waals surface area contributed by atoms with Gasteiger partial charge in [-0.2, -0.15) is 0 Å². The molecule has 0 heterocycles. The quantitative estimate of drug-likeness (QED) is 0.639. The van der Waals surface area contributed by atoms with Gasteiger partial charge in [-0.15, -0.1) is 0 Å². The van der Waals surface area contributed by atoms with Gasteiger partial charge in [-0.3, -0.25) is 0 Å². The van der Waals surface area contributed by atoms with Crippen LogP contribution in [-0.4, -0.2) is 77.1 Å². The van der Waals surface area contributed by atoms with Gasteiger partial charge in [0, 0.05) is 6.04 Å². The van der Waals surface area contributed by atoms with Crippen LogP contribution < -0.4 is 0 Å². The van der Waals surface area contributed by atoms with E-state index >= 15 is 0 Å². The average molecular weight is 205 g/mol. The molecule has 0 amide bonds. The molecule has 14 heavy (non-hydrogen) atoms. The lowest BCUT2D eigenvalue weighted by Crippen LogP contribution is -2.20. The lowest BCUT2D eigenvalue weighted by atomic mass is 10.4. The maximum atomic E-state index is 2.17. The van der Waals surface area contributed by atoms with Gasteiger partial charge in [-0.05, 0) is 70.2 Å². The Morgan fingerprint density at radius 3 is 0.643 bits per heavy atom. The fraction of sp³-hybridized carbons (Fsp3) is 1.00. The van der Waals surface area contributed by atoms with Crippen LogP contribution in [0.2, 0.25) is 0 Å². The molecule has 0 unspecified atom stereocenters. The lowest BCUT2D eigenvalue weighted by molar-refractivity contribution is 0.335. The molecular formula is C11H31N3. The van der Waals surface area contributed by atoms with E-state index < -0.39 is 0 Å². The zero-order valence-electron chi connectivity index (χ0n) is 11.9. The molecule has 0 bridgehead atoms. The second-order valence-electron chi connectivity index (χ2n) is 4.74. The summed E-state index contributed by atoms with van der Waals surface area (Å²) >= 11 is 0. The minimum atomic E-state index is 0.685. The molecule has 0 rings (SSSR count). The van der Waals surface area contributed by atoms with Crippen molar-refractivity contribution in [2.24, 2.45) is 0 Å². The third-order valence-corrected chi connectivity index (χ3v) is 1.03. The van der Waals surface area contributed by atoms with Crippen LogP contribution in [0.25, 0.3) is 0 Å². The van der Waals surface area contributed by atoms with Gasteiger partial charge in [0.1, 0.15) is 0 Å². The normalized spacial score (nSPS) is 9.86. The van der Waals surface area contributed by atoms with E-state index in [0.29, 0.717) is 6.04 Å². The SMILES string of the molecule is CC(C)N(C)C.CN(C)C.CN(C)C. The Kier molecular flexibility index (Phi) is 17.9. The summed E-state index contributed by atoms with van der Waals surface area (Å²) in [5.74, 6) is 0. The summed E-state index contributed by atoms with van der Waals surface area (Å²) in [6, 6.07) is 0.685. The van der Waals surface area contributed by atoms with Crippen LogP contribution >= 0.6 is 0 Å². The van der Waals surface area contributed by atoms with Gasteiger partial charge in [-0.1, -0.05) is 0 Å². The Bertz CT molecular complexity index is 71.0. The molecule has 3 heteroatoms. The summed E-state index contributed by atoms with van der Waals surface area (Å²) in [6.07, 6.45) is 0. The largest absolute Gasteiger partial charge is 0.312 e. The monoisotopic (exact) mass is 205 g/mol. The molecule has 0 aliphatic heterocycles. The van der Waals surface area contributed by atoms with E-state index in [9.17, 15) is 0 Å². The highest BCUT2D eigenvalue weighted by Crippen LogP contribution is 1.84. The molecule has 0 atom stereocenters. The maximum absolute atomic E-state index is 2.17. The minimum absolute atomic E-state index is 0.685. The number of rotatable bonds is 1. The number of nitrogens with zero attached hydrogens (tertiary/aromatic N) is 3. The average Bonchev–Trinajstić information content (AvgIpc) is 1.83. The molecule has 0 saturated heterocycles. The molecule has 0 radical (unpaired) electrons. The molecule has 0 spiro atoms. The van der Waals surface area contributed by atoms with Crippen LogP contribution in [0.1, 0.15) is 13.8 Å². The standard InChI is InChI=1S/C5H13N.2C3H9N/c1-5(2)6(3)4;2*1-4(2)3/h5H,1-4H3;2*1-3H3. The summed E-state index contributed by atoms with van der Waals surface area (Å²) in [5.41, 5.74) is 0. The first kappa shape index (κ1) is 19.5. The molecule has 3 nitrogen and oxygen atoms in total. The van der Waals surface area contributed by atoms with Crippen LogP contribution in [0.3, 0.4) is 0 Å². The zero-order valence-corrected chi connectivity index (χ0v) is 11.9. The summed E-state index contributed by atoms with van der Waals surface area (Å²) in [4.78, 5) is 6.17. The van der Waals surface area contributed by atoms with Crippen LogP contribution in [0.4, 0.5) is 0 Å². The van der Waals surface area contributed by atoms with E-state index in [1.54, 1.807) is 0 Å². The van der Waals surface area contributed by atoms with Crippen molar-refractivity contribution in [2.75, 3.05) is 56.4 Å². The van der Waals surface area contributed by atoms with E-state index in [1.807, 2.05) is 52.1 Å². The van der Waals surface area contributed by atoms with Crippen molar-refractivity contribution in [3.05, 3.63) is 0 Å². The molecular weight excluding hydrogens is 174 g/mol. The van der Waals surface area contributed by atoms with Crippen molar-refractivity contribution in [1.29, 1.82) is 0 Å². The summed E-state index contributed by atoms with van der Waals surface area (Å²) in [7, 11) is 16.1. The van der Waals surface area contributed by atoms with Crippen LogP contribution in [0, 0.1) is 0 Å². The Morgan fingerprint density at radius 2 is 0.643 bits per heavy atom. The number of hydrogen-bond acceptors (Lipinski definition) is 3. The van der Waals surface area contributed by atoms with Gasteiger partial charge in [-0.25, -0.2) is 0 Å². The lowest BCUT2D eigenvalue weighted by Gasteiger charge is -2.12. The Balaban J connectivity index is -0.000000135. The van der Waals surface area contributed by atoms with E-state index in [-0.39, 0.29) is 0 Å². The van der Waals surface area contributed by atoms with Crippen LogP contribution in [-0.2, 0) is 0 Å². The molecule has 0 N–H and O–H groups in total. The second kappa shape index (κ2) is 12.9. The Hall–Kier alpha value is -0.120. The molecule has 0 fully saturated rings. The third-order valence-electron chi connectivity index (χ3n) is 1.03. The topological polar surface area (TPSA) is 9.72 Å². The molecule has 90 valence electrons. The van der Waals surface area contributed by atoms with Crippen LogP contribution in [0.15, 0.2) is 0 Å². The van der Waals surface area contributed by atoms with Crippen molar-refractivity contribution in [2.45, 2.75) is 19.9 Å². The third kappa shape index (κ3) is 93.4. The van der Waals surface area contributed by atoms with Crippen molar-refractivity contribution >= 4 is 0 Å². The van der Waals surface area contributed by atoms with E-state index in [2.05, 4.69) is 32.8 Å². The highest BCUT2D eigenvalue weighted by molar-refractivity contribution is 4.46. The highest BCUT2D eigenvalue weighted by atomic mass is 15.1. The smallest absolute Gasteiger partial charge is 0.00324 e. The van der Waals surface area contributed by atoms with Gasteiger partial charge in [0.15, 0.2) is 0 Å². The van der Waals surface area contributed by atoms with Gasteiger partial charge in [0.2, 0.25) is 0 Å². The van der Waals surface area contributed by atoms with Gasteiger partial charge in [0.05, 0.1) is 0 Å². The molecule has 0 aromatic heterocycles. The zero-order chi connectivity index (χ0) is 12.3. The first-order valence-electron chi connectivity index (χ1n) is 4.99. The molecule has 0 aromatic rings. The molecule has 0 aliphatic carbocycles. The van der Waals surface area contributed by atoms with E-state index in [0.717, 1.165) is 0 Å². The van der Waals surface area contributed by atoms with Gasteiger partial charge in [0.25, 0.3) is 0 Å². The maximum Gasteiger partial charge on any atom is 0.00324 e. The van der Waals surface area contributed by atoms with Crippen molar-refractivity contribution < 1.29 is 0 Å². The van der Waals surface area contributed by atoms with Crippen LogP contribution in [0.5, 0.6) is 0 Å². The first-order chi connectivity index (χ1) is 6.11. The second-order valence-corrected chi connectivity index (χ2v) is 4.74. The predicted octanol–water partition coefficient (Wildman–Crippen LogP) is 1.31. The Labute approximate surface area is 91.7 Å². The van der Waals surface area contributed by atoms with Crippen molar-refractivity contribution in [1.82, 2.24) is 14.7 Å². The number of hydrogen-bond donors (Lipinski definition) is 0. The molecule has 0 saturated carbocycles. The predicted molar refractivity (Wildman–Crippen MR) is 68.0 cm³/mol. The van der Waals surface area contributed by atoms with Gasteiger partial charge >= 0.3 is 0 Å². The summed E-state index contributed by atoms with van der Waals surface area (Å²) in [6.45, 7) is 4.33. The highest BCUT2D eigenvalue weighted by Gasteiger charge is 1.90. The van der Waals surface area contributed by atoms with E-state index in [4.69, 9.17) is 0 Å². The molecule has 0 aliphatic rings. The van der Waals surface area contributed by atoms with Crippen molar-refractivity contribution in [3.63, 3.8) is 0 Å². The summed E-state index contributed by atoms with van der Waals surface area (Å²) < 4.78 is 0. The molecule has 0 aromatic carbocycles. The van der Waals surface area contributed by atoms with Gasteiger partial charge < -0.3 is 14.7 Å². The Morgan fingerprint density at radius 1 is 0.571 bits per heavy atom. The minimum Gasteiger partial charge on any atom is -0.312 e. The van der Waals surface area contributed by atoms with E-state index in [1.165, 1.54) is 0 Å².